The van der Waals surface area contributed by atoms with Gasteiger partial charge in [0.15, 0.2) is 0 Å². The van der Waals surface area contributed by atoms with Gasteiger partial charge in [-0.3, -0.25) is 4.79 Å². The number of amides is 1. The quantitative estimate of drug-likeness (QED) is 0.459. The SMILES string of the molecule is Cc1ccc(NC(=O)CSc2nccn3nc(-c4cccs4)cc23)c(Cl)c1. The van der Waals surface area contributed by atoms with Crippen molar-refractivity contribution in [1.29, 1.82) is 0 Å². The fraction of sp³-hybridized carbons (Fsp3) is 0.105. The van der Waals surface area contributed by atoms with Crippen LogP contribution in [-0.2, 0) is 4.79 Å². The van der Waals surface area contributed by atoms with E-state index in [1.165, 1.54) is 11.8 Å². The van der Waals surface area contributed by atoms with Crippen LogP contribution in [0.3, 0.4) is 0 Å². The van der Waals surface area contributed by atoms with E-state index in [1.54, 1.807) is 22.0 Å². The second-order valence-corrected chi connectivity index (χ2v) is 8.21. The summed E-state index contributed by atoms with van der Waals surface area (Å²) in [5.74, 6) is 0.101. The molecular weight excluding hydrogens is 400 g/mol. The van der Waals surface area contributed by atoms with Crippen LogP contribution in [0.5, 0.6) is 0 Å². The number of aromatic nitrogens is 3. The number of hydrogen-bond donors (Lipinski definition) is 1. The average molecular weight is 415 g/mol. The van der Waals surface area contributed by atoms with Gasteiger partial charge in [0, 0.05) is 12.4 Å². The van der Waals surface area contributed by atoms with Crippen LogP contribution in [0.1, 0.15) is 5.56 Å². The molecule has 136 valence electrons. The van der Waals surface area contributed by atoms with E-state index in [9.17, 15) is 4.79 Å². The summed E-state index contributed by atoms with van der Waals surface area (Å²) in [5, 5.41) is 10.7. The van der Waals surface area contributed by atoms with Crippen molar-refractivity contribution in [2.75, 3.05) is 11.1 Å². The fourth-order valence-electron chi connectivity index (χ4n) is 2.60. The predicted octanol–water partition coefficient (Wildman–Crippen LogP) is 5.15. The lowest BCUT2D eigenvalue weighted by atomic mass is 10.2. The molecule has 1 aromatic carbocycles. The Labute approximate surface area is 169 Å². The standard InChI is InChI=1S/C19H15ClN4OS2/c1-12-4-5-14(13(20)9-12)22-18(25)11-27-19-16-10-15(17-3-2-8-26-17)23-24(16)7-6-21-19/h2-10H,11H2,1H3,(H,22,25). The minimum atomic E-state index is -0.132. The van der Waals surface area contributed by atoms with E-state index in [0.29, 0.717) is 10.7 Å². The van der Waals surface area contributed by atoms with Crippen molar-refractivity contribution in [2.45, 2.75) is 11.9 Å². The average Bonchev–Trinajstić information content (AvgIpc) is 3.31. The molecule has 1 N–H and O–H groups in total. The van der Waals surface area contributed by atoms with Crippen molar-refractivity contribution in [1.82, 2.24) is 14.6 Å². The van der Waals surface area contributed by atoms with Crippen molar-refractivity contribution < 1.29 is 4.79 Å². The summed E-state index contributed by atoms with van der Waals surface area (Å²) in [4.78, 5) is 17.8. The number of aryl methyl sites for hydroxylation is 1. The zero-order valence-corrected chi connectivity index (χ0v) is 16.7. The van der Waals surface area contributed by atoms with Crippen molar-refractivity contribution in [2.24, 2.45) is 0 Å². The normalized spacial score (nSPS) is 11.0. The van der Waals surface area contributed by atoms with Crippen molar-refractivity contribution >= 4 is 51.8 Å². The molecule has 0 aliphatic carbocycles. The van der Waals surface area contributed by atoms with E-state index in [-0.39, 0.29) is 11.7 Å². The summed E-state index contributed by atoms with van der Waals surface area (Å²) in [6.45, 7) is 1.95. The Morgan fingerprint density at radius 1 is 1.33 bits per heavy atom. The molecule has 5 nitrogen and oxygen atoms in total. The van der Waals surface area contributed by atoms with Gasteiger partial charge in [0.25, 0.3) is 0 Å². The zero-order chi connectivity index (χ0) is 18.8. The highest BCUT2D eigenvalue weighted by Gasteiger charge is 2.12. The topological polar surface area (TPSA) is 59.3 Å². The number of nitrogens with zero attached hydrogens (tertiary/aromatic N) is 3. The van der Waals surface area contributed by atoms with Crippen LogP contribution in [0.25, 0.3) is 16.1 Å². The highest BCUT2D eigenvalue weighted by Crippen LogP contribution is 2.29. The Bertz CT molecular complexity index is 1110. The molecule has 0 atom stereocenters. The first-order valence-corrected chi connectivity index (χ1v) is 10.4. The Hall–Kier alpha value is -2.35. The van der Waals surface area contributed by atoms with Crippen LogP contribution >= 0.6 is 34.7 Å². The summed E-state index contributed by atoms with van der Waals surface area (Å²) in [6, 6.07) is 11.6. The molecule has 3 aromatic heterocycles. The first kappa shape index (κ1) is 18.0. The van der Waals surface area contributed by atoms with Gasteiger partial charge >= 0.3 is 0 Å². The van der Waals surface area contributed by atoms with Gasteiger partial charge in [0.2, 0.25) is 5.91 Å². The van der Waals surface area contributed by atoms with E-state index >= 15 is 0 Å². The molecule has 1 amide bonds. The second-order valence-electron chi connectivity index (χ2n) is 5.89. The maximum absolute atomic E-state index is 12.3. The Morgan fingerprint density at radius 3 is 3.00 bits per heavy atom. The molecule has 0 bridgehead atoms. The number of carbonyl (C=O) groups is 1. The summed E-state index contributed by atoms with van der Waals surface area (Å²) in [5.41, 5.74) is 3.44. The monoisotopic (exact) mass is 414 g/mol. The molecule has 4 aromatic rings. The second kappa shape index (κ2) is 7.72. The Morgan fingerprint density at radius 2 is 2.22 bits per heavy atom. The molecule has 27 heavy (non-hydrogen) atoms. The van der Waals surface area contributed by atoms with Crippen molar-refractivity contribution in [3.63, 3.8) is 0 Å². The van der Waals surface area contributed by atoms with Gasteiger partial charge in [-0.15, -0.1) is 11.3 Å². The number of nitrogens with one attached hydrogen (secondary N) is 1. The third kappa shape index (κ3) is 4.00. The predicted molar refractivity (Wildman–Crippen MR) is 112 cm³/mol. The summed E-state index contributed by atoms with van der Waals surface area (Å²) >= 11 is 9.19. The van der Waals surface area contributed by atoms with E-state index in [4.69, 9.17) is 11.6 Å². The van der Waals surface area contributed by atoms with Gasteiger partial charge < -0.3 is 5.32 Å². The van der Waals surface area contributed by atoms with Crippen molar-refractivity contribution in [3.8, 4) is 10.6 Å². The van der Waals surface area contributed by atoms with Gasteiger partial charge in [0.05, 0.1) is 26.9 Å². The number of anilines is 1. The van der Waals surface area contributed by atoms with Crippen LogP contribution in [0, 0.1) is 6.92 Å². The molecule has 0 aliphatic rings. The van der Waals surface area contributed by atoms with E-state index in [1.807, 2.05) is 54.9 Å². The summed E-state index contributed by atoms with van der Waals surface area (Å²) in [7, 11) is 0. The third-order valence-corrected chi connectivity index (χ3v) is 6.07. The lowest BCUT2D eigenvalue weighted by Crippen LogP contribution is -2.14. The molecule has 0 spiro atoms. The molecule has 0 aliphatic heterocycles. The number of halogens is 1. The maximum atomic E-state index is 12.3. The highest BCUT2D eigenvalue weighted by atomic mass is 35.5. The molecule has 4 rings (SSSR count). The largest absolute Gasteiger partial charge is 0.324 e. The molecule has 3 heterocycles. The first-order valence-electron chi connectivity index (χ1n) is 8.17. The van der Waals surface area contributed by atoms with Crippen molar-refractivity contribution in [3.05, 3.63) is 64.8 Å². The van der Waals surface area contributed by atoms with Crippen LogP contribution in [0.2, 0.25) is 5.02 Å². The van der Waals surface area contributed by atoms with E-state index in [0.717, 1.165) is 26.7 Å². The molecular formula is C19H15ClN4OS2. The van der Waals surface area contributed by atoms with E-state index in [2.05, 4.69) is 15.4 Å². The third-order valence-electron chi connectivity index (χ3n) is 3.87. The Kier molecular flexibility index (Phi) is 5.15. The smallest absolute Gasteiger partial charge is 0.234 e. The number of fused-ring (bicyclic) bond motifs is 1. The number of thiophene rings is 1. The summed E-state index contributed by atoms with van der Waals surface area (Å²) < 4.78 is 1.79. The molecule has 8 heteroatoms. The number of benzene rings is 1. The molecule has 0 fully saturated rings. The van der Waals surface area contributed by atoms with Crippen LogP contribution in [0.15, 0.2) is 59.2 Å². The number of thioether (sulfide) groups is 1. The van der Waals surface area contributed by atoms with Crippen LogP contribution in [0.4, 0.5) is 5.69 Å². The fourth-order valence-corrected chi connectivity index (χ4v) is 4.34. The molecule has 0 radical (unpaired) electrons. The highest BCUT2D eigenvalue weighted by molar-refractivity contribution is 8.00. The Balaban J connectivity index is 1.49. The zero-order valence-electron chi connectivity index (χ0n) is 14.3. The molecule has 0 saturated heterocycles. The maximum Gasteiger partial charge on any atom is 0.234 e. The minimum Gasteiger partial charge on any atom is -0.324 e. The van der Waals surface area contributed by atoms with Gasteiger partial charge in [0.1, 0.15) is 10.7 Å². The lowest BCUT2D eigenvalue weighted by Gasteiger charge is -2.08. The first-order chi connectivity index (χ1) is 13.1. The number of hydrogen-bond acceptors (Lipinski definition) is 5. The lowest BCUT2D eigenvalue weighted by molar-refractivity contribution is -0.113. The van der Waals surface area contributed by atoms with Crippen LogP contribution < -0.4 is 5.32 Å². The molecule has 0 saturated carbocycles. The summed E-state index contributed by atoms with van der Waals surface area (Å²) in [6.07, 6.45) is 3.50. The van der Waals surface area contributed by atoms with Gasteiger partial charge in [-0.25, -0.2) is 9.50 Å². The molecule has 0 unspecified atom stereocenters. The van der Waals surface area contributed by atoms with Gasteiger partial charge in [-0.1, -0.05) is 35.5 Å². The minimum absolute atomic E-state index is 0.132. The van der Waals surface area contributed by atoms with E-state index < -0.39 is 0 Å². The van der Waals surface area contributed by atoms with Gasteiger partial charge in [-0.2, -0.15) is 5.10 Å². The van der Waals surface area contributed by atoms with Gasteiger partial charge in [-0.05, 0) is 42.1 Å². The number of carbonyl (C=O) groups excluding carboxylic acids is 1. The number of rotatable bonds is 5. The van der Waals surface area contributed by atoms with Crippen LogP contribution in [-0.4, -0.2) is 26.3 Å².